The quantitative estimate of drug-likeness (QED) is 0.572. The number of aliphatic hydroxyl groups excluding tert-OH is 1. The van der Waals surface area contributed by atoms with Crippen molar-refractivity contribution in [1.82, 2.24) is 15.2 Å². The number of halogens is 1. The van der Waals surface area contributed by atoms with E-state index >= 15 is 0 Å². The van der Waals surface area contributed by atoms with Gasteiger partial charge in [-0.15, -0.1) is 23.7 Å². The number of pyridine rings is 1. The minimum atomic E-state index is 0. The summed E-state index contributed by atoms with van der Waals surface area (Å²) in [7, 11) is 0. The highest BCUT2D eigenvalue weighted by atomic mass is 35.5. The Kier molecular flexibility index (Phi) is 5.23. The van der Waals surface area contributed by atoms with Crippen LogP contribution >= 0.6 is 23.7 Å². The number of nitrogens with zero attached hydrogens (tertiary/aromatic N) is 2. The van der Waals surface area contributed by atoms with Crippen LogP contribution in [0.15, 0.2) is 24.4 Å². The number of H-pyrrole nitrogens is 1. The molecule has 0 radical (unpaired) electrons. The van der Waals surface area contributed by atoms with Crippen LogP contribution in [0, 0.1) is 0 Å². The zero-order chi connectivity index (χ0) is 14.8. The molecule has 0 amide bonds. The molecule has 0 aliphatic heterocycles. The molecule has 0 aliphatic carbocycles. The van der Waals surface area contributed by atoms with Crippen molar-refractivity contribution in [3.63, 3.8) is 0 Å². The maximum Gasteiger partial charge on any atom is 0.126 e. The Hall–Kier alpha value is -1.83. The third kappa shape index (κ3) is 3.32. The normalized spacial score (nSPS) is 12.1. The molecule has 8 heteroatoms. The number of aromatic nitrogens is 3. The summed E-state index contributed by atoms with van der Waals surface area (Å²) in [6, 6.07) is 5.93. The molecule has 3 aromatic heterocycles. The third-order valence-electron chi connectivity index (χ3n) is 3.23. The van der Waals surface area contributed by atoms with Gasteiger partial charge < -0.3 is 16.2 Å². The minimum Gasteiger partial charge on any atom is -0.396 e. The predicted molar refractivity (Wildman–Crippen MR) is 93.6 cm³/mol. The van der Waals surface area contributed by atoms with Crippen LogP contribution in [-0.4, -0.2) is 32.9 Å². The number of nitrogen functional groups attached to an aromatic ring is 1. The van der Waals surface area contributed by atoms with Crippen LogP contribution in [0.5, 0.6) is 0 Å². The van der Waals surface area contributed by atoms with E-state index in [-0.39, 0.29) is 25.1 Å². The van der Waals surface area contributed by atoms with E-state index in [4.69, 9.17) is 10.8 Å². The van der Waals surface area contributed by atoms with Gasteiger partial charge in [0, 0.05) is 24.9 Å². The van der Waals surface area contributed by atoms with Crippen LogP contribution in [0.2, 0.25) is 0 Å². The molecule has 0 bridgehead atoms. The number of fused-ring (bicyclic) bond motifs is 1. The summed E-state index contributed by atoms with van der Waals surface area (Å²) < 4.78 is 1.05. The van der Waals surface area contributed by atoms with Gasteiger partial charge in [0.25, 0.3) is 0 Å². The number of anilines is 2. The first-order chi connectivity index (χ1) is 10.2. The van der Waals surface area contributed by atoms with Crippen LogP contribution < -0.4 is 11.1 Å². The number of nitrogens with one attached hydrogen (secondary N) is 2. The lowest BCUT2D eigenvalue weighted by molar-refractivity contribution is 0.282. The Bertz CT molecular complexity index is 743. The van der Waals surface area contributed by atoms with Gasteiger partial charge in [-0.2, -0.15) is 5.10 Å². The number of aromatic amines is 1. The second-order valence-corrected chi connectivity index (χ2v) is 6.00. The Balaban J connectivity index is 0.00000176. The van der Waals surface area contributed by atoms with Gasteiger partial charge >= 0.3 is 0 Å². The summed E-state index contributed by atoms with van der Waals surface area (Å²) in [6.45, 7) is 2.18. The summed E-state index contributed by atoms with van der Waals surface area (Å²) in [5.41, 5.74) is 8.67. The number of hydrogen-bond donors (Lipinski definition) is 4. The molecule has 0 aromatic carbocycles. The van der Waals surface area contributed by atoms with Gasteiger partial charge in [0.05, 0.1) is 26.5 Å². The van der Waals surface area contributed by atoms with Gasteiger partial charge in [-0.1, -0.05) is 0 Å². The summed E-state index contributed by atoms with van der Waals surface area (Å²) in [5.74, 6) is 0.482. The maximum atomic E-state index is 9.03. The molecule has 3 heterocycles. The molecule has 22 heavy (non-hydrogen) atoms. The first-order valence-corrected chi connectivity index (χ1v) is 7.56. The highest BCUT2D eigenvalue weighted by molar-refractivity contribution is 7.22. The van der Waals surface area contributed by atoms with Gasteiger partial charge in [-0.05, 0) is 25.5 Å². The zero-order valence-electron chi connectivity index (χ0n) is 12.0. The molecular weight excluding hydrogens is 322 g/mol. The van der Waals surface area contributed by atoms with Crippen LogP contribution in [-0.2, 0) is 0 Å². The third-order valence-corrected chi connectivity index (χ3v) is 4.42. The molecule has 0 saturated carbocycles. The SMILES string of the molecule is C[C@@H](CCO)Nc1cc(N)nc2cc(-c3ccn[nH]3)sc12.Cl. The Morgan fingerprint density at radius 1 is 1.45 bits per heavy atom. The molecule has 5 N–H and O–H groups in total. The first-order valence-electron chi connectivity index (χ1n) is 6.74. The van der Waals surface area contributed by atoms with E-state index in [2.05, 4.69) is 20.5 Å². The van der Waals surface area contributed by atoms with Crippen LogP contribution in [0.4, 0.5) is 11.5 Å². The molecule has 0 spiro atoms. The fraction of sp³-hybridized carbons (Fsp3) is 0.286. The van der Waals surface area contributed by atoms with Gasteiger partial charge in [-0.25, -0.2) is 4.98 Å². The Labute approximate surface area is 138 Å². The van der Waals surface area contributed by atoms with E-state index in [1.807, 2.05) is 25.1 Å². The Morgan fingerprint density at radius 2 is 2.27 bits per heavy atom. The minimum absolute atomic E-state index is 0. The van der Waals surface area contributed by atoms with Crippen molar-refractivity contribution in [3.8, 4) is 10.6 Å². The number of thiophene rings is 1. The van der Waals surface area contributed by atoms with Crippen molar-refractivity contribution < 1.29 is 5.11 Å². The summed E-state index contributed by atoms with van der Waals surface area (Å²) in [4.78, 5) is 5.45. The molecule has 3 rings (SSSR count). The summed E-state index contributed by atoms with van der Waals surface area (Å²) in [6.07, 6.45) is 2.41. The summed E-state index contributed by atoms with van der Waals surface area (Å²) in [5, 5.41) is 19.3. The topological polar surface area (TPSA) is 99.8 Å². The molecular formula is C14H18ClN5OS. The van der Waals surface area contributed by atoms with Crippen LogP contribution in [0.3, 0.4) is 0 Å². The average molecular weight is 340 g/mol. The number of nitrogens with two attached hydrogens (primary N) is 1. The zero-order valence-corrected chi connectivity index (χ0v) is 13.7. The van der Waals surface area contributed by atoms with Crippen molar-refractivity contribution in [3.05, 3.63) is 24.4 Å². The van der Waals surface area contributed by atoms with Gasteiger partial charge in [0.2, 0.25) is 0 Å². The summed E-state index contributed by atoms with van der Waals surface area (Å²) >= 11 is 1.64. The van der Waals surface area contributed by atoms with Crippen LogP contribution in [0.25, 0.3) is 20.8 Å². The van der Waals surface area contributed by atoms with Crippen molar-refractivity contribution in [2.75, 3.05) is 17.7 Å². The highest BCUT2D eigenvalue weighted by Gasteiger charge is 2.13. The molecule has 118 valence electrons. The number of rotatable bonds is 5. The molecule has 6 nitrogen and oxygen atoms in total. The molecule has 0 unspecified atom stereocenters. The highest BCUT2D eigenvalue weighted by Crippen LogP contribution is 2.37. The maximum absolute atomic E-state index is 9.03. The molecule has 0 saturated heterocycles. The molecule has 0 fully saturated rings. The first kappa shape index (κ1) is 16.5. The average Bonchev–Trinajstić information content (AvgIpc) is 3.06. The van der Waals surface area contributed by atoms with Gasteiger partial charge in [0.1, 0.15) is 5.82 Å². The number of hydrogen-bond acceptors (Lipinski definition) is 6. The smallest absolute Gasteiger partial charge is 0.126 e. The largest absolute Gasteiger partial charge is 0.396 e. The van der Waals surface area contributed by atoms with Gasteiger partial charge in [-0.3, -0.25) is 5.10 Å². The van der Waals surface area contributed by atoms with Crippen molar-refractivity contribution in [2.45, 2.75) is 19.4 Å². The predicted octanol–water partition coefficient (Wildman–Crippen LogP) is 2.87. The molecule has 0 aliphatic rings. The fourth-order valence-electron chi connectivity index (χ4n) is 2.21. The van der Waals surface area contributed by atoms with Crippen molar-refractivity contribution in [2.24, 2.45) is 0 Å². The van der Waals surface area contributed by atoms with E-state index in [1.165, 1.54) is 0 Å². The van der Waals surface area contributed by atoms with E-state index in [0.29, 0.717) is 12.2 Å². The van der Waals surface area contributed by atoms with E-state index < -0.39 is 0 Å². The molecule has 3 aromatic rings. The molecule has 1 atom stereocenters. The lowest BCUT2D eigenvalue weighted by atomic mass is 10.2. The Morgan fingerprint density at radius 3 is 2.95 bits per heavy atom. The fourth-order valence-corrected chi connectivity index (χ4v) is 3.26. The van der Waals surface area contributed by atoms with Crippen molar-refractivity contribution >= 4 is 45.5 Å². The second-order valence-electron chi connectivity index (χ2n) is 4.95. The van der Waals surface area contributed by atoms with E-state index in [0.717, 1.165) is 26.5 Å². The lowest BCUT2D eigenvalue weighted by Gasteiger charge is -2.14. The number of aliphatic hydroxyl groups is 1. The monoisotopic (exact) mass is 339 g/mol. The standard InChI is InChI=1S/C14H17N5OS.ClH/c1-8(3-5-20)17-11-7-13(15)18-10-6-12(21-14(10)11)9-2-4-16-19-9;/h2,4,6-8,20H,3,5H2,1H3,(H,16,19)(H3,15,17,18);1H/t8-;/m0./s1. The van der Waals surface area contributed by atoms with E-state index in [9.17, 15) is 0 Å². The van der Waals surface area contributed by atoms with E-state index in [1.54, 1.807) is 17.5 Å². The second kappa shape index (κ2) is 6.95. The lowest BCUT2D eigenvalue weighted by Crippen LogP contribution is -2.16. The van der Waals surface area contributed by atoms with Crippen LogP contribution in [0.1, 0.15) is 13.3 Å². The van der Waals surface area contributed by atoms with Crippen molar-refractivity contribution in [1.29, 1.82) is 0 Å². The van der Waals surface area contributed by atoms with Gasteiger partial charge in [0.15, 0.2) is 0 Å².